The molecule has 26 heavy (non-hydrogen) atoms. The summed E-state index contributed by atoms with van der Waals surface area (Å²) in [5.41, 5.74) is 2.84. The molecule has 0 aliphatic heterocycles. The number of fused-ring (bicyclic) bond motifs is 3. The van der Waals surface area contributed by atoms with Crippen molar-refractivity contribution in [3.05, 3.63) is 57.0 Å². The summed E-state index contributed by atoms with van der Waals surface area (Å²) >= 11 is 1.62. The Morgan fingerprint density at radius 2 is 2.27 bits per heavy atom. The van der Waals surface area contributed by atoms with Crippen LogP contribution >= 0.6 is 11.3 Å². The summed E-state index contributed by atoms with van der Waals surface area (Å²) in [7, 11) is 0. The largest absolute Gasteiger partial charge is 0.325 e. The Bertz CT molecular complexity index is 1050. The minimum absolute atomic E-state index is 0.0310. The Kier molecular flexibility index (Phi) is 4.36. The van der Waals surface area contributed by atoms with Crippen LogP contribution in [-0.2, 0) is 24.2 Å². The fourth-order valence-electron chi connectivity index (χ4n) is 3.56. The third kappa shape index (κ3) is 3.17. The topological polar surface area (TPSA) is 64.0 Å². The van der Waals surface area contributed by atoms with E-state index in [1.54, 1.807) is 11.3 Å². The zero-order valence-electron chi connectivity index (χ0n) is 14.9. The smallest absolute Gasteiger partial charge is 0.262 e. The number of thiophene rings is 1. The van der Waals surface area contributed by atoms with E-state index in [2.05, 4.69) is 17.2 Å². The zero-order chi connectivity index (χ0) is 18.3. The van der Waals surface area contributed by atoms with E-state index in [9.17, 15) is 9.59 Å². The van der Waals surface area contributed by atoms with Gasteiger partial charge in [0.1, 0.15) is 11.4 Å². The third-order valence-corrected chi connectivity index (χ3v) is 6.06. The number of hydrogen-bond donors (Lipinski definition) is 1. The van der Waals surface area contributed by atoms with Crippen LogP contribution in [-0.4, -0.2) is 15.5 Å². The second kappa shape index (κ2) is 6.68. The third-order valence-electron chi connectivity index (χ3n) is 4.90. The van der Waals surface area contributed by atoms with Gasteiger partial charge in [0.25, 0.3) is 5.56 Å². The molecule has 0 saturated carbocycles. The molecule has 2 aromatic heterocycles. The lowest BCUT2D eigenvalue weighted by Crippen LogP contribution is -2.28. The number of anilines is 1. The fourth-order valence-corrected chi connectivity index (χ4v) is 4.90. The van der Waals surface area contributed by atoms with Crippen molar-refractivity contribution in [2.75, 3.05) is 5.32 Å². The summed E-state index contributed by atoms with van der Waals surface area (Å²) in [6.45, 7) is 4.18. The van der Waals surface area contributed by atoms with E-state index >= 15 is 0 Å². The molecule has 4 rings (SSSR count). The minimum atomic E-state index is -0.225. The van der Waals surface area contributed by atoms with Gasteiger partial charge in [-0.05, 0) is 55.4 Å². The highest BCUT2D eigenvalue weighted by atomic mass is 32.1. The van der Waals surface area contributed by atoms with Gasteiger partial charge in [-0.2, -0.15) is 0 Å². The monoisotopic (exact) mass is 367 g/mol. The molecule has 134 valence electrons. The lowest BCUT2D eigenvalue weighted by atomic mass is 9.89. The molecule has 3 aromatic rings. The number of nitrogens with zero attached hydrogens (tertiary/aromatic N) is 2. The summed E-state index contributed by atoms with van der Waals surface area (Å²) in [5, 5.41) is 3.56. The molecule has 1 aliphatic rings. The summed E-state index contributed by atoms with van der Waals surface area (Å²) in [4.78, 5) is 31.8. The van der Waals surface area contributed by atoms with Crippen LogP contribution < -0.4 is 10.9 Å². The van der Waals surface area contributed by atoms with Gasteiger partial charge in [0.05, 0.1) is 11.7 Å². The molecule has 1 atom stereocenters. The van der Waals surface area contributed by atoms with Crippen molar-refractivity contribution < 1.29 is 4.79 Å². The van der Waals surface area contributed by atoms with Crippen molar-refractivity contribution in [2.24, 2.45) is 5.92 Å². The zero-order valence-corrected chi connectivity index (χ0v) is 15.7. The van der Waals surface area contributed by atoms with Crippen molar-refractivity contribution >= 4 is 33.1 Å². The van der Waals surface area contributed by atoms with Gasteiger partial charge in [-0.3, -0.25) is 14.2 Å². The van der Waals surface area contributed by atoms with Gasteiger partial charge in [-0.1, -0.05) is 19.1 Å². The van der Waals surface area contributed by atoms with Crippen LogP contribution in [0.25, 0.3) is 10.2 Å². The molecule has 0 saturated heterocycles. The molecule has 2 heterocycles. The molecule has 5 nitrogen and oxygen atoms in total. The Balaban J connectivity index is 1.62. The van der Waals surface area contributed by atoms with Crippen LogP contribution in [0.1, 0.15) is 29.3 Å². The van der Waals surface area contributed by atoms with Gasteiger partial charge in [0.15, 0.2) is 0 Å². The van der Waals surface area contributed by atoms with Crippen molar-refractivity contribution in [3.8, 4) is 0 Å². The summed E-state index contributed by atoms with van der Waals surface area (Å²) in [6.07, 6.45) is 4.53. The van der Waals surface area contributed by atoms with E-state index < -0.39 is 0 Å². The van der Waals surface area contributed by atoms with E-state index in [0.717, 1.165) is 40.9 Å². The molecular formula is C20H21N3O2S. The maximum atomic E-state index is 12.9. The van der Waals surface area contributed by atoms with Crippen LogP contribution in [0.15, 0.2) is 35.4 Å². The number of aryl methyl sites for hydroxylation is 2. The van der Waals surface area contributed by atoms with Crippen LogP contribution in [0.3, 0.4) is 0 Å². The van der Waals surface area contributed by atoms with Crippen molar-refractivity contribution in [3.63, 3.8) is 0 Å². The Morgan fingerprint density at radius 1 is 1.42 bits per heavy atom. The summed E-state index contributed by atoms with van der Waals surface area (Å²) in [5.74, 6) is 0.425. The highest BCUT2D eigenvalue weighted by molar-refractivity contribution is 7.18. The number of nitrogens with one attached hydrogen (secondary N) is 1. The Hall–Kier alpha value is -2.47. The van der Waals surface area contributed by atoms with Gasteiger partial charge >= 0.3 is 0 Å². The maximum absolute atomic E-state index is 12.9. The molecular weight excluding hydrogens is 346 g/mol. The van der Waals surface area contributed by atoms with E-state index in [-0.39, 0.29) is 18.0 Å². The van der Waals surface area contributed by atoms with Gasteiger partial charge in [-0.25, -0.2) is 4.98 Å². The lowest BCUT2D eigenvalue weighted by Gasteiger charge is -2.17. The van der Waals surface area contributed by atoms with Gasteiger partial charge < -0.3 is 5.32 Å². The number of aromatic nitrogens is 2. The molecule has 1 N–H and O–H groups in total. The van der Waals surface area contributed by atoms with Gasteiger partial charge in [0, 0.05) is 10.6 Å². The molecule has 0 radical (unpaired) electrons. The number of carbonyl (C=O) groups is 1. The molecule has 0 fully saturated rings. The lowest BCUT2D eigenvalue weighted by molar-refractivity contribution is -0.116. The second-order valence-electron chi connectivity index (χ2n) is 7.13. The predicted octanol–water partition coefficient (Wildman–Crippen LogP) is 3.53. The maximum Gasteiger partial charge on any atom is 0.262 e. The standard InChI is InChI=1S/C20H21N3O2S/c1-12-4-3-5-14(8-12)22-17(24)10-23-11-21-19-18(20(23)25)15-7-6-13(2)9-16(15)26-19/h3-5,8,11,13H,6-7,9-10H2,1-2H3,(H,22,24)/t13-/m0/s1. The highest BCUT2D eigenvalue weighted by Crippen LogP contribution is 2.35. The Morgan fingerprint density at radius 3 is 3.08 bits per heavy atom. The highest BCUT2D eigenvalue weighted by Gasteiger charge is 2.23. The quantitative estimate of drug-likeness (QED) is 0.770. The Labute approximate surface area is 155 Å². The van der Waals surface area contributed by atoms with Crippen molar-refractivity contribution in [2.45, 2.75) is 39.7 Å². The number of amides is 1. The second-order valence-corrected chi connectivity index (χ2v) is 8.21. The van der Waals surface area contributed by atoms with Crippen molar-refractivity contribution in [1.29, 1.82) is 0 Å². The van der Waals surface area contributed by atoms with Gasteiger partial charge in [-0.15, -0.1) is 11.3 Å². The van der Waals surface area contributed by atoms with E-state index in [1.807, 2.05) is 31.2 Å². The first-order chi connectivity index (χ1) is 12.5. The van der Waals surface area contributed by atoms with Gasteiger partial charge in [0.2, 0.25) is 5.91 Å². The first-order valence-corrected chi connectivity index (χ1v) is 9.69. The van der Waals surface area contributed by atoms with Crippen LogP contribution in [0, 0.1) is 12.8 Å². The average molecular weight is 367 g/mol. The number of carbonyl (C=O) groups excluding carboxylic acids is 1. The predicted molar refractivity (Wildman–Crippen MR) is 105 cm³/mol. The average Bonchev–Trinajstić information content (AvgIpc) is 2.95. The molecule has 6 heteroatoms. The molecule has 1 aliphatic carbocycles. The SMILES string of the molecule is Cc1cccc(NC(=O)Cn2cnc3sc4c(c3c2=O)CC[C@H](C)C4)c1. The molecule has 0 spiro atoms. The number of rotatable bonds is 3. The molecule has 1 aromatic carbocycles. The number of benzene rings is 1. The van der Waals surface area contributed by atoms with E-state index in [1.165, 1.54) is 15.8 Å². The molecule has 0 unspecified atom stereocenters. The van der Waals surface area contributed by atoms with E-state index in [4.69, 9.17) is 0 Å². The van der Waals surface area contributed by atoms with E-state index in [0.29, 0.717) is 11.3 Å². The molecule has 0 bridgehead atoms. The van der Waals surface area contributed by atoms with Crippen LogP contribution in [0.4, 0.5) is 5.69 Å². The first-order valence-electron chi connectivity index (χ1n) is 8.87. The first kappa shape index (κ1) is 17.0. The van der Waals surface area contributed by atoms with Crippen LogP contribution in [0.5, 0.6) is 0 Å². The number of hydrogen-bond acceptors (Lipinski definition) is 4. The normalized spacial score (nSPS) is 16.5. The fraction of sp³-hybridized carbons (Fsp3) is 0.350. The molecule has 1 amide bonds. The minimum Gasteiger partial charge on any atom is -0.325 e. The summed E-state index contributed by atoms with van der Waals surface area (Å²) in [6, 6.07) is 7.60. The van der Waals surface area contributed by atoms with Crippen LogP contribution in [0.2, 0.25) is 0 Å². The summed E-state index contributed by atoms with van der Waals surface area (Å²) < 4.78 is 1.42. The van der Waals surface area contributed by atoms with Crippen molar-refractivity contribution in [1.82, 2.24) is 9.55 Å².